The van der Waals surface area contributed by atoms with Gasteiger partial charge in [0.1, 0.15) is 11.5 Å². The SMILES string of the molecule is COc1cc(C2C3=CCC4C(=O)N(N(C)c5nc(C(F)(F)F)ccc5Cl)C(=O)C4C3CC3C(=O)N(c4ccc(F)c(Cl)c4)C(=O)C32C)cc(OC)c1O. The van der Waals surface area contributed by atoms with Crippen molar-refractivity contribution in [2.45, 2.75) is 31.9 Å². The minimum Gasteiger partial charge on any atom is -0.502 e. The molecule has 4 aliphatic rings. The van der Waals surface area contributed by atoms with Crippen molar-refractivity contribution in [2.24, 2.45) is 29.1 Å². The van der Waals surface area contributed by atoms with Gasteiger partial charge in [-0.25, -0.2) is 14.3 Å². The highest BCUT2D eigenvalue weighted by molar-refractivity contribution is 6.33. The number of hydrazine groups is 1. The van der Waals surface area contributed by atoms with Crippen molar-refractivity contribution in [3.05, 3.63) is 81.2 Å². The lowest BCUT2D eigenvalue weighted by Gasteiger charge is -2.49. The first-order valence-electron chi connectivity index (χ1n) is 16.3. The number of halogens is 6. The number of phenols is 1. The topological polar surface area (TPSA) is 130 Å². The fourth-order valence-corrected chi connectivity index (χ4v) is 8.94. The summed E-state index contributed by atoms with van der Waals surface area (Å²) < 4.78 is 65.8. The Bertz CT molecular complexity index is 2120. The number of allylic oxidation sites excluding steroid dienone is 2. The summed E-state index contributed by atoms with van der Waals surface area (Å²) in [6, 6.07) is 8.09. The zero-order valence-corrected chi connectivity index (χ0v) is 29.9. The van der Waals surface area contributed by atoms with Crippen LogP contribution in [0.2, 0.25) is 10.0 Å². The lowest BCUT2D eigenvalue weighted by Crippen LogP contribution is -2.49. The predicted octanol–water partition coefficient (Wildman–Crippen LogP) is 6.55. The third-order valence-electron chi connectivity index (χ3n) is 11.0. The van der Waals surface area contributed by atoms with E-state index in [1.54, 1.807) is 13.0 Å². The molecule has 3 heterocycles. The normalized spacial score (nSPS) is 26.7. The first kappa shape index (κ1) is 36.5. The van der Waals surface area contributed by atoms with E-state index >= 15 is 0 Å². The molecule has 2 aromatic carbocycles. The zero-order chi connectivity index (χ0) is 38.5. The quantitative estimate of drug-likeness (QED) is 0.168. The van der Waals surface area contributed by atoms with Gasteiger partial charge in [0.2, 0.25) is 17.6 Å². The van der Waals surface area contributed by atoms with Gasteiger partial charge in [-0.1, -0.05) is 34.9 Å². The standard InChI is InChI=1S/C36H30Cl2F4N4O7/c1-35-20(32(49)45(34(35)51)16-5-9-23(39)22(38)13-16)14-19-17(28(35)15-11-24(52-3)29(47)25(12-15)53-4)6-7-18-27(19)33(50)46(31(18)48)44(2)30-21(37)8-10-26(43-30)36(40,41)42/h5-6,8-13,18-20,27-28,47H,7,14H2,1-4H3. The molecule has 0 spiro atoms. The van der Waals surface area contributed by atoms with E-state index in [1.165, 1.54) is 39.5 Å². The molecule has 4 amide bonds. The summed E-state index contributed by atoms with van der Waals surface area (Å²) >= 11 is 12.3. The van der Waals surface area contributed by atoms with Crippen LogP contribution in [0, 0.1) is 34.9 Å². The van der Waals surface area contributed by atoms with Crippen LogP contribution < -0.4 is 19.4 Å². The van der Waals surface area contributed by atoms with Crippen LogP contribution in [0.3, 0.4) is 0 Å². The molecule has 1 saturated carbocycles. The molecule has 17 heteroatoms. The van der Waals surface area contributed by atoms with Crippen LogP contribution in [0.4, 0.5) is 29.1 Å². The number of nitrogens with zero attached hydrogens (tertiary/aromatic N) is 4. The first-order chi connectivity index (χ1) is 24.9. The molecule has 0 radical (unpaired) electrons. The van der Waals surface area contributed by atoms with E-state index in [1.807, 2.05) is 0 Å². The summed E-state index contributed by atoms with van der Waals surface area (Å²) in [6.07, 6.45) is -3.14. The summed E-state index contributed by atoms with van der Waals surface area (Å²) in [5, 5.41) is 11.8. The average Bonchev–Trinajstić information content (AvgIpc) is 3.48. The Morgan fingerprint density at radius 1 is 0.943 bits per heavy atom. The maximum absolute atomic E-state index is 14.7. The molecule has 1 aromatic heterocycles. The van der Waals surface area contributed by atoms with Gasteiger partial charge in [0.15, 0.2) is 17.3 Å². The highest BCUT2D eigenvalue weighted by Gasteiger charge is 2.68. The third-order valence-corrected chi connectivity index (χ3v) is 11.6. The summed E-state index contributed by atoms with van der Waals surface area (Å²) in [4.78, 5) is 62.1. The number of hydrogen-bond acceptors (Lipinski definition) is 9. The molecule has 7 rings (SSSR count). The van der Waals surface area contributed by atoms with Crippen LogP contribution in [0.5, 0.6) is 17.2 Å². The van der Waals surface area contributed by atoms with E-state index < -0.39 is 82.1 Å². The molecule has 6 unspecified atom stereocenters. The van der Waals surface area contributed by atoms with Crippen molar-refractivity contribution in [3.63, 3.8) is 0 Å². The third kappa shape index (κ3) is 5.33. The number of methoxy groups -OCH3 is 2. The number of pyridine rings is 1. The number of carbonyl (C=O) groups excluding carboxylic acids is 4. The Kier molecular flexibility index (Phi) is 8.68. The summed E-state index contributed by atoms with van der Waals surface area (Å²) in [6.45, 7) is 1.62. The molecule has 6 atom stereocenters. The number of carbonyl (C=O) groups is 4. The second kappa shape index (κ2) is 12.6. The second-order valence-electron chi connectivity index (χ2n) is 13.5. The number of alkyl halides is 3. The number of aromatic hydroxyl groups is 1. The van der Waals surface area contributed by atoms with E-state index in [-0.39, 0.29) is 45.8 Å². The fraction of sp³-hybridized carbons (Fsp3) is 0.361. The van der Waals surface area contributed by atoms with Crippen LogP contribution in [0.25, 0.3) is 0 Å². The van der Waals surface area contributed by atoms with Crippen molar-refractivity contribution in [2.75, 3.05) is 31.2 Å². The van der Waals surface area contributed by atoms with E-state index in [9.17, 15) is 41.8 Å². The number of phenolic OH excluding ortho intramolecular Hbond substituents is 1. The van der Waals surface area contributed by atoms with Gasteiger partial charge in [-0.15, -0.1) is 0 Å². The summed E-state index contributed by atoms with van der Waals surface area (Å²) in [5.74, 6) is -9.24. The van der Waals surface area contributed by atoms with E-state index in [4.69, 9.17) is 32.7 Å². The predicted molar refractivity (Wildman–Crippen MR) is 182 cm³/mol. The zero-order valence-electron chi connectivity index (χ0n) is 28.4. The molecule has 278 valence electrons. The number of rotatable bonds is 6. The number of amides is 4. The van der Waals surface area contributed by atoms with Gasteiger partial charge in [-0.2, -0.15) is 18.2 Å². The molecule has 2 saturated heterocycles. The maximum Gasteiger partial charge on any atom is 0.433 e. The van der Waals surface area contributed by atoms with Gasteiger partial charge in [-0.05, 0) is 73.7 Å². The average molecular weight is 778 g/mol. The molecule has 53 heavy (non-hydrogen) atoms. The summed E-state index contributed by atoms with van der Waals surface area (Å²) in [5.41, 5.74) is -1.83. The van der Waals surface area contributed by atoms with E-state index in [0.717, 1.165) is 33.1 Å². The van der Waals surface area contributed by atoms with Crippen LogP contribution in [0.15, 0.2) is 54.1 Å². The highest BCUT2D eigenvalue weighted by Crippen LogP contribution is 2.64. The first-order valence-corrected chi connectivity index (χ1v) is 17.0. The Labute approximate surface area is 309 Å². The number of fused-ring (bicyclic) bond motifs is 4. The number of imide groups is 2. The summed E-state index contributed by atoms with van der Waals surface area (Å²) in [7, 11) is 3.84. The van der Waals surface area contributed by atoms with Gasteiger partial charge in [0.25, 0.3) is 11.8 Å². The smallest absolute Gasteiger partial charge is 0.433 e. The molecular formula is C36H30Cl2F4N4O7. The Morgan fingerprint density at radius 2 is 1.60 bits per heavy atom. The minimum atomic E-state index is -4.84. The van der Waals surface area contributed by atoms with Crippen molar-refractivity contribution in [1.29, 1.82) is 0 Å². The monoisotopic (exact) mass is 776 g/mol. The fourth-order valence-electron chi connectivity index (χ4n) is 8.54. The van der Waals surface area contributed by atoms with Gasteiger partial charge < -0.3 is 14.6 Å². The van der Waals surface area contributed by atoms with Crippen LogP contribution in [-0.2, 0) is 25.4 Å². The van der Waals surface area contributed by atoms with Gasteiger partial charge in [-0.3, -0.25) is 24.2 Å². The molecule has 3 fully saturated rings. The molecular weight excluding hydrogens is 747 g/mol. The van der Waals surface area contributed by atoms with E-state index in [0.29, 0.717) is 17.2 Å². The number of ether oxygens (including phenoxy) is 2. The molecule has 2 aliphatic carbocycles. The van der Waals surface area contributed by atoms with Crippen LogP contribution >= 0.6 is 23.2 Å². The molecule has 2 aliphatic heterocycles. The van der Waals surface area contributed by atoms with Crippen molar-refractivity contribution in [3.8, 4) is 17.2 Å². The number of hydrogen-bond donors (Lipinski definition) is 1. The van der Waals surface area contributed by atoms with E-state index in [2.05, 4.69) is 4.98 Å². The molecule has 3 aromatic rings. The molecule has 0 bridgehead atoms. The number of aromatic nitrogens is 1. The van der Waals surface area contributed by atoms with Crippen molar-refractivity contribution >= 4 is 58.3 Å². The lowest BCUT2D eigenvalue weighted by atomic mass is 9.51. The largest absolute Gasteiger partial charge is 0.502 e. The molecule has 1 N–H and O–H groups in total. The molecule has 11 nitrogen and oxygen atoms in total. The Hall–Kier alpha value is -4.89. The van der Waals surface area contributed by atoms with Gasteiger partial charge in [0.05, 0.1) is 53.1 Å². The minimum absolute atomic E-state index is 0.000223. The highest BCUT2D eigenvalue weighted by atomic mass is 35.5. The maximum atomic E-state index is 14.7. The van der Waals surface area contributed by atoms with Crippen molar-refractivity contribution in [1.82, 2.24) is 9.99 Å². The van der Waals surface area contributed by atoms with Crippen molar-refractivity contribution < 1.29 is 51.3 Å². The second-order valence-corrected chi connectivity index (χ2v) is 14.4. The van der Waals surface area contributed by atoms with Crippen LogP contribution in [-0.4, -0.2) is 60.0 Å². The lowest BCUT2D eigenvalue weighted by molar-refractivity contribution is -0.141. The number of anilines is 2. The van der Waals surface area contributed by atoms with Gasteiger partial charge >= 0.3 is 6.18 Å². The van der Waals surface area contributed by atoms with Gasteiger partial charge in [0, 0.05) is 13.0 Å². The Morgan fingerprint density at radius 3 is 2.21 bits per heavy atom. The van der Waals surface area contributed by atoms with Crippen LogP contribution in [0.1, 0.15) is 36.9 Å². The Balaban J connectivity index is 1.36. The number of benzene rings is 2.